The molecule has 6 rings (SSSR count). The van der Waals surface area contributed by atoms with E-state index >= 15 is 0 Å². The van der Waals surface area contributed by atoms with Crippen LogP contribution in [0.3, 0.4) is 0 Å². The minimum atomic E-state index is -0.486. The first-order chi connectivity index (χ1) is 22.9. The molecule has 0 spiro atoms. The van der Waals surface area contributed by atoms with Gasteiger partial charge in [0.15, 0.2) is 5.13 Å². The number of hydrogen-bond donors (Lipinski definition) is 3. The van der Waals surface area contributed by atoms with Gasteiger partial charge >= 0.3 is 0 Å². The minimum absolute atomic E-state index is 0.0842. The molecule has 6 aromatic rings. The van der Waals surface area contributed by atoms with Crippen molar-refractivity contribution < 1.29 is 14.4 Å². The zero-order valence-corrected chi connectivity index (χ0v) is 28.0. The van der Waals surface area contributed by atoms with Crippen molar-refractivity contribution in [2.75, 3.05) is 16.4 Å². The molecule has 1 aromatic heterocycles. The fourth-order valence-electron chi connectivity index (χ4n) is 4.68. The number of nitrogens with one attached hydrogen (secondary N) is 3. The Hall–Kier alpha value is -5.03. The molecule has 0 saturated carbocycles. The number of fused-ring (bicyclic) bond motifs is 1. The molecule has 0 aliphatic carbocycles. The Kier molecular flexibility index (Phi) is 10.2. The van der Waals surface area contributed by atoms with Gasteiger partial charge < -0.3 is 16.0 Å². The lowest BCUT2D eigenvalue weighted by Gasteiger charge is -2.12. The van der Waals surface area contributed by atoms with Gasteiger partial charge in [-0.2, -0.15) is 0 Å². The lowest BCUT2D eigenvalue weighted by Crippen LogP contribution is -2.30. The van der Waals surface area contributed by atoms with Crippen molar-refractivity contribution in [2.45, 2.75) is 4.90 Å². The van der Waals surface area contributed by atoms with Crippen LogP contribution in [0.25, 0.3) is 28.1 Å². The molecular weight excluding hydrogens is 692 g/mol. The molecule has 3 N–H and O–H groups in total. The number of aromatic nitrogens is 1. The highest BCUT2D eigenvalue weighted by molar-refractivity contribution is 9.10. The molecule has 0 radical (unpaired) electrons. The second kappa shape index (κ2) is 15.0. The third-order valence-corrected chi connectivity index (χ3v) is 9.19. The zero-order valence-electron chi connectivity index (χ0n) is 24.8. The van der Waals surface area contributed by atoms with Gasteiger partial charge in [0.1, 0.15) is 5.70 Å². The number of amides is 3. The van der Waals surface area contributed by atoms with Crippen molar-refractivity contribution in [1.29, 1.82) is 0 Å². The van der Waals surface area contributed by atoms with Gasteiger partial charge in [-0.3, -0.25) is 14.4 Å². The highest BCUT2D eigenvalue weighted by Crippen LogP contribution is 2.28. The van der Waals surface area contributed by atoms with Gasteiger partial charge in [0.05, 0.1) is 11.4 Å². The van der Waals surface area contributed by atoms with E-state index in [-0.39, 0.29) is 17.4 Å². The zero-order chi connectivity index (χ0) is 32.6. The van der Waals surface area contributed by atoms with Crippen molar-refractivity contribution in [3.63, 3.8) is 0 Å². The van der Waals surface area contributed by atoms with Crippen molar-refractivity contribution in [2.24, 2.45) is 0 Å². The molecule has 0 unspecified atom stereocenters. The maximum absolute atomic E-state index is 13.4. The summed E-state index contributed by atoms with van der Waals surface area (Å²) in [6.07, 6.45) is 1.62. The number of hydrogen-bond acceptors (Lipinski definition) is 6. The summed E-state index contributed by atoms with van der Waals surface area (Å²) in [4.78, 5) is 44.6. The number of halogens is 1. The summed E-state index contributed by atoms with van der Waals surface area (Å²) in [6.45, 7) is 0. The highest BCUT2D eigenvalue weighted by atomic mass is 79.9. The Labute approximate surface area is 288 Å². The van der Waals surface area contributed by atoms with Crippen molar-refractivity contribution >= 4 is 84.4 Å². The van der Waals surface area contributed by atoms with Gasteiger partial charge in [-0.15, -0.1) is 23.1 Å². The molecular formula is C37H27BrN4O3S2. The van der Waals surface area contributed by atoms with E-state index in [1.165, 1.54) is 23.1 Å². The van der Waals surface area contributed by atoms with Gasteiger partial charge in [-0.25, -0.2) is 4.98 Å². The Bertz CT molecular complexity index is 2110. The monoisotopic (exact) mass is 718 g/mol. The number of thioether (sulfide) groups is 1. The topological polar surface area (TPSA) is 100 Å². The second-order valence-electron chi connectivity index (χ2n) is 10.4. The molecule has 10 heteroatoms. The van der Waals surface area contributed by atoms with E-state index in [0.717, 1.165) is 37.0 Å². The molecule has 3 amide bonds. The summed E-state index contributed by atoms with van der Waals surface area (Å²) in [7, 11) is 0. The number of benzene rings is 5. The Morgan fingerprint density at radius 2 is 1.57 bits per heavy atom. The largest absolute Gasteiger partial charge is 0.321 e. The smallest absolute Gasteiger partial charge is 0.272 e. The summed E-state index contributed by atoms with van der Waals surface area (Å²) in [5.74, 6) is -0.919. The third kappa shape index (κ3) is 8.62. The van der Waals surface area contributed by atoms with Crippen molar-refractivity contribution in [3.8, 4) is 11.3 Å². The van der Waals surface area contributed by atoms with E-state index in [2.05, 4.69) is 61.1 Å². The molecule has 7 nitrogen and oxygen atoms in total. The average Bonchev–Trinajstić information content (AvgIpc) is 3.55. The minimum Gasteiger partial charge on any atom is -0.321 e. The fraction of sp³-hybridized carbons (Fsp3) is 0.0270. The molecule has 0 aliphatic heterocycles. The summed E-state index contributed by atoms with van der Waals surface area (Å²) >= 11 is 6.16. The predicted octanol–water partition coefficient (Wildman–Crippen LogP) is 8.87. The molecule has 0 fully saturated rings. The second-order valence-corrected chi connectivity index (χ2v) is 13.2. The van der Waals surface area contributed by atoms with E-state index < -0.39 is 11.8 Å². The van der Waals surface area contributed by atoms with Gasteiger partial charge in [0.2, 0.25) is 5.91 Å². The summed E-state index contributed by atoms with van der Waals surface area (Å²) in [5, 5.41) is 13.3. The van der Waals surface area contributed by atoms with Crippen LogP contribution < -0.4 is 16.0 Å². The molecule has 1 heterocycles. The maximum Gasteiger partial charge on any atom is 0.272 e. The standard InChI is InChI=1S/C37H27BrN4O3S2/c38-29-13-6-8-24(18-29)19-32(40-35(44)26-10-2-1-3-11-26)36(45)39-30-14-7-15-31(21-30)46-23-34(43)42-37-41-33(22-47-37)28-17-16-25-9-4-5-12-27(25)20-28/h1-22H,23H2,(H,39,45)(H,40,44)(H,41,42,43)/b32-19+. The van der Waals surface area contributed by atoms with Gasteiger partial charge in [0, 0.05) is 31.6 Å². The molecule has 0 saturated heterocycles. The van der Waals surface area contributed by atoms with Crippen LogP contribution in [0.4, 0.5) is 10.8 Å². The quantitative estimate of drug-likeness (QED) is 0.0971. The lowest BCUT2D eigenvalue weighted by atomic mass is 10.1. The van der Waals surface area contributed by atoms with E-state index in [1.807, 2.05) is 60.0 Å². The number of anilines is 2. The molecule has 0 atom stereocenters. The van der Waals surface area contributed by atoms with E-state index in [0.29, 0.717) is 16.4 Å². The van der Waals surface area contributed by atoms with Gasteiger partial charge in [-0.05, 0) is 70.9 Å². The highest BCUT2D eigenvalue weighted by Gasteiger charge is 2.16. The third-order valence-electron chi connectivity index (χ3n) is 6.95. The first-order valence-corrected chi connectivity index (χ1v) is 17.2. The van der Waals surface area contributed by atoms with Crippen LogP contribution in [0.5, 0.6) is 0 Å². The maximum atomic E-state index is 13.4. The molecule has 0 aliphatic rings. The number of carbonyl (C=O) groups excluding carboxylic acids is 3. The molecule has 5 aromatic carbocycles. The summed E-state index contributed by atoms with van der Waals surface area (Å²) < 4.78 is 0.842. The van der Waals surface area contributed by atoms with Crippen molar-refractivity contribution in [3.05, 3.63) is 148 Å². The predicted molar refractivity (Wildman–Crippen MR) is 196 cm³/mol. The van der Waals surface area contributed by atoms with Crippen molar-refractivity contribution in [1.82, 2.24) is 10.3 Å². The summed E-state index contributed by atoms with van der Waals surface area (Å²) in [5.41, 5.74) is 3.57. The van der Waals surface area contributed by atoms with Crippen LogP contribution in [0.1, 0.15) is 15.9 Å². The molecule has 47 heavy (non-hydrogen) atoms. The first-order valence-electron chi connectivity index (χ1n) is 14.5. The first kappa shape index (κ1) is 31.9. The number of nitrogens with zero attached hydrogens (tertiary/aromatic N) is 1. The number of thiazole rings is 1. The van der Waals surface area contributed by atoms with Crippen LogP contribution in [-0.2, 0) is 9.59 Å². The fourth-order valence-corrected chi connectivity index (χ4v) is 6.59. The van der Waals surface area contributed by atoms with Crippen LogP contribution >= 0.6 is 39.0 Å². The average molecular weight is 720 g/mol. The molecule has 232 valence electrons. The Morgan fingerprint density at radius 1 is 0.787 bits per heavy atom. The van der Waals surface area contributed by atoms with Gasteiger partial charge in [-0.1, -0.05) is 88.7 Å². The number of rotatable bonds is 10. The van der Waals surface area contributed by atoms with Crippen LogP contribution in [0.2, 0.25) is 0 Å². The number of carbonyl (C=O) groups is 3. The van der Waals surface area contributed by atoms with Crippen LogP contribution in [0, 0.1) is 0 Å². The Balaban J connectivity index is 1.09. The van der Waals surface area contributed by atoms with E-state index in [1.54, 1.807) is 48.5 Å². The lowest BCUT2D eigenvalue weighted by molar-refractivity contribution is -0.114. The summed E-state index contributed by atoms with van der Waals surface area (Å²) in [6, 6.07) is 37.6. The Morgan fingerprint density at radius 3 is 2.40 bits per heavy atom. The van der Waals surface area contributed by atoms with Crippen LogP contribution in [0.15, 0.2) is 142 Å². The van der Waals surface area contributed by atoms with E-state index in [4.69, 9.17) is 0 Å². The normalized spacial score (nSPS) is 11.2. The van der Waals surface area contributed by atoms with Crippen LogP contribution in [-0.4, -0.2) is 28.5 Å². The SMILES string of the molecule is O=C(CSc1cccc(NC(=O)/C(=C\c2cccc(Br)c2)NC(=O)c2ccccc2)c1)Nc1nc(-c2ccc3ccccc3c2)cs1. The van der Waals surface area contributed by atoms with E-state index in [9.17, 15) is 14.4 Å². The molecule has 0 bridgehead atoms. The van der Waals surface area contributed by atoms with Gasteiger partial charge in [0.25, 0.3) is 11.8 Å².